The molecule has 0 aliphatic carbocycles. The van der Waals surface area contributed by atoms with E-state index in [4.69, 9.17) is 16.3 Å². The molecule has 1 aromatic carbocycles. The third-order valence-corrected chi connectivity index (χ3v) is 4.46. The number of nitro groups is 1. The van der Waals surface area contributed by atoms with Crippen molar-refractivity contribution in [2.75, 3.05) is 6.61 Å². The van der Waals surface area contributed by atoms with Gasteiger partial charge in [-0.2, -0.15) is 0 Å². The van der Waals surface area contributed by atoms with Crippen LogP contribution in [0.4, 0.5) is 5.69 Å². The molecule has 0 fully saturated rings. The first-order valence-electron chi connectivity index (χ1n) is 5.78. The third-order valence-electron chi connectivity index (χ3n) is 2.56. The zero-order chi connectivity index (χ0) is 16.3. The van der Waals surface area contributed by atoms with Gasteiger partial charge in [-0.25, -0.2) is 4.79 Å². The van der Waals surface area contributed by atoms with Crippen LogP contribution in [0.15, 0.2) is 34.1 Å². The topological polar surface area (TPSA) is 86.5 Å². The Morgan fingerprint density at radius 3 is 2.64 bits per heavy atom. The summed E-state index contributed by atoms with van der Waals surface area (Å²) in [5, 5.41) is 11.0. The molecule has 0 aliphatic heterocycles. The summed E-state index contributed by atoms with van der Waals surface area (Å²) in [6.45, 7) is -0.494. The summed E-state index contributed by atoms with van der Waals surface area (Å²) in [6, 6.07) is 6.87. The number of carbonyl (C=O) groups excluding carboxylic acids is 2. The van der Waals surface area contributed by atoms with Crippen molar-refractivity contribution in [1.82, 2.24) is 0 Å². The van der Waals surface area contributed by atoms with Gasteiger partial charge in [0.1, 0.15) is 5.56 Å². The highest BCUT2D eigenvalue weighted by Gasteiger charge is 2.23. The predicted octanol–water partition coefficient (Wildman–Crippen LogP) is 4.11. The van der Waals surface area contributed by atoms with E-state index in [1.807, 2.05) is 0 Å². The monoisotopic (exact) mass is 403 g/mol. The van der Waals surface area contributed by atoms with E-state index < -0.39 is 23.2 Å². The van der Waals surface area contributed by atoms with Crippen LogP contribution in [-0.4, -0.2) is 23.3 Å². The van der Waals surface area contributed by atoms with Gasteiger partial charge >= 0.3 is 5.97 Å². The summed E-state index contributed by atoms with van der Waals surface area (Å²) in [7, 11) is 0. The lowest BCUT2D eigenvalue weighted by Crippen LogP contribution is -2.14. The van der Waals surface area contributed by atoms with Crippen LogP contribution >= 0.6 is 38.9 Å². The van der Waals surface area contributed by atoms with E-state index in [2.05, 4.69) is 15.9 Å². The summed E-state index contributed by atoms with van der Waals surface area (Å²) < 4.78 is 5.61. The van der Waals surface area contributed by atoms with Crippen LogP contribution in [0.3, 0.4) is 0 Å². The Morgan fingerprint density at radius 2 is 2.05 bits per heavy atom. The second-order valence-electron chi connectivity index (χ2n) is 4.02. The molecule has 1 heterocycles. The normalized spacial score (nSPS) is 10.3. The number of rotatable bonds is 5. The molecular weight excluding hydrogens is 398 g/mol. The molecule has 0 amide bonds. The number of thiophene rings is 1. The SMILES string of the molecule is O=C(COC(=O)c1ccc(Cl)cc1[N+](=O)[O-])c1ccc(Br)s1. The number of hydrogen-bond acceptors (Lipinski definition) is 6. The number of Topliss-reactive ketones (excluding diaryl/α,β-unsaturated/α-hetero) is 1. The first-order valence-corrected chi connectivity index (χ1v) is 7.77. The number of nitrogens with zero attached hydrogens (tertiary/aromatic N) is 1. The van der Waals surface area contributed by atoms with E-state index in [0.29, 0.717) is 4.88 Å². The van der Waals surface area contributed by atoms with Crippen LogP contribution in [0.1, 0.15) is 20.0 Å². The van der Waals surface area contributed by atoms with Crippen molar-refractivity contribution in [1.29, 1.82) is 0 Å². The maximum Gasteiger partial charge on any atom is 0.345 e. The minimum atomic E-state index is -0.952. The second kappa shape index (κ2) is 6.99. The molecule has 0 bridgehead atoms. The van der Waals surface area contributed by atoms with Gasteiger partial charge in [0.15, 0.2) is 6.61 Å². The van der Waals surface area contributed by atoms with Gasteiger partial charge in [0.2, 0.25) is 5.78 Å². The lowest BCUT2D eigenvalue weighted by Gasteiger charge is -2.04. The maximum atomic E-state index is 11.9. The lowest BCUT2D eigenvalue weighted by molar-refractivity contribution is -0.385. The minimum Gasteiger partial charge on any atom is -0.453 e. The Hall–Kier alpha value is -1.77. The molecule has 0 aliphatic rings. The van der Waals surface area contributed by atoms with E-state index >= 15 is 0 Å². The molecule has 22 heavy (non-hydrogen) atoms. The van der Waals surface area contributed by atoms with Crippen molar-refractivity contribution in [2.45, 2.75) is 0 Å². The van der Waals surface area contributed by atoms with E-state index in [-0.39, 0.29) is 16.4 Å². The first-order chi connectivity index (χ1) is 10.4. The van der Waals surface area contributed by atoms with Crippen molar-refractivity contribution in [3.63, 3.8) is 0 Å². The molecule has 2 aromatic rings. The molecule has 0 saturated carbocycles. The molecule has 6 nitrogen and oxygen atoms in total. The highest BCUT2D eigenvalue weighted by molar-refractivity contribution is 9.11. The van der Waals surface area contributed by atoms with Crippen LogP contribution < -0.4 is 0 Å². The van der Waals surface area contributed by atoms with E-state index in [9.17, 15) is 19.7 Å². The molecule has 0 saturated heterocycles. The average Bonchev–Trinajstić information content (AvgIpc) is 2.91. The van der Waals surface area contributed by atoms with Gasteiger partial charge in [0.05, 0.1) is 13.6 Å². The van der Waals surface area contributed by atoms with Crippen LogP contribution in [0.25, 0.3) is 0 Å². The van der Waals surface area contributed by atoms with Gasteiger partial charge in [-0.05, 0) is 40.2 Å². The number of halogens is 2. The fraction of sp³-hybridized carbons (Fsp3) is 0.0769. The van der Waals surface area contributed by atoms with Crippen molar-refractivity contribution < 1.29 is 19.2 Å². The van der Waals surface area contributed by atoms with Gasteiger partial charge in [-0.1, -0.05) is 11.6 Å². The largest absolute Gasteiger partial charge is 0.453 e. The van der Waals surface area contributed by atoms with Gasteiger partial charge in [-0.3, -0.25) is 14.9 Å². The van der Waals surface area contributed by atoms with Crippen LogP contribution in [-0.2, 0) is 4.74 Å². The Balaban J connectivity index is 2.10. The van der Waals surface area contributed by atoms with E-state index in [1.165, 1.54) is 23.5 Å². The third kappa shape index (κ3) is 3.90. The highest BCUT2D eigenvalue weighted by atomic mass is 79.9. The van der Waals surface area contributed by atoms with Crippen molar-refractivity contribution in [2.24, 2.45) is 0 Å². The number of benzene rings is 1. The number of hydrogen-bond donors (Lipinski definition) is 0. The van der Waals surface area contributed by atoms with Crippen LogP contribution in [0.5, 0.6) is 0 Å². The summed E-state index contributed by atoms with van der Waals surface area (Å²) in [6.07, 6.45) is 0. The molecule has 1 aromatic heterocycles. The van der Waals surface area contributed by atoms with E-state index in [0.717, 1.165) is 9.85 Å². The zero-order valence-electron chi connectivity index (χ0n) is 10.7. The maximum absolute atomic E-state index is 11.9. The number of ketones is 1. The number of esters is 1. The Morgan fingerprint density at radius 1 is 1.32 bits per heavy atom. The highest BCUT2D eigenvalue weighted by Crippen LogP contribution is 2.25. The smallest absolute Gasteiger partial charge is 0.345 e. The molecule has 0 N–H and O–H groups in total. The Kier molecular flexibility index (Phi) is 5.28. The van der Waals surface area contributed by atoms with Crippen molar-refractivity contribution in [3.8, 4) is 0 Å². The summed E-state index contributed by atoms with van der Waals surface area (Å²) in [5.41, 5.74) is -0.724. The molecular formula is C13H7BrClNO5S. The fourth-order valence-electron chi connectivity index (χ4n) is 1.57. The Bertz CT molecular complexity index is 761. The first kappa shape index (κ1) is 16.6. The molecule has 0 spiro atoms. The van der Waals surface area contributed by atoms with Gasteiger partial charge < -0.3 is 4.74 Å². The van der Waals surface area contributed by atoms with Gasteiger partial charge in [-0.15, -0.1) is 11.3 Å². The summed E-state index contributed by atoms with van der Waals surface area (Å²) in [4.78, 5) is 34.3. The zero-order valence-corrected chi connectivity index (χ0v) is 13.9. The number of carbonyl (C=O) groups is 2. The molecule has 0 atom stereocenters. The Labute approximate surface area is 141 Å². The second-order valence-corrected chi connectivity index (χ2v) is 6.92. The molecule has 2 rings (SSSR count). The minimum absolute atomic E-state index is 0.128. The van der Waals surface area contributed by atoms with Gasteiger partial charge in [0.25, 0.3) is 5.69 Å². The number of ether oxygens (including phenoxy) is 1. The standard InChI is InChI=1S/C13H7BrClNO5S/c14-12-4-3-11(22-12)10(17)6-21-13(18)8-2-1-7(15)5-9(8)16(19)20/h1-5H,6H2. The molecule has 0 unspecified atom stereocenters. The summed E-state index contributed by atoms with van der Waals surface area (Å²) >= 11 is 10.1. The lowest BCUT2D eigenvalue weighted by atomic mass is 10.2. The predicted molar refractivity (Wildman–Crippen MR) is 84.7 cm³/mol. The fourth-order valence-corrected chi connectivity index (χ4v) is 3.05. The van der Waals surface area contributed by atoms with Crippen LogP contribution in [0, 0.1) is 10.1 Å². The van der Waals surface area contributed by atoms with Crippen molar-refractivity contribution >= 4 is 56.3 Å². The van der Waals surface area contributed by atoms with Crippen molar-refractivity contribution in [3.05, 3.63) is 59.7 Å². The quantitative estimate of drug-likeness (QED) is 0.324. The summed E-state index contributed by atoms with van der Waals surface area (Å²) in [5.74, 6) is -1.34. The average molecular weight is 405 g/mol. The molecule has 0 radical (unpaired) electrons. The number of nitro benzene ring substituents is 1. The van der Waals surface area contributed by atoms with Gasteiger partial charge in [0, 0.05) is 11.1 Å². The van der Waals surface area contributed by atoms with E-state index in [1.54, 1.807) is 12.1 Å². The molecule has 9 heteroatoms. The molecule has 114 valence electrons. The van der Waals surface area contributed by atoms with Crippen LogP contribution in [0.2, 0.25) is 5.02 Å².